The number of hydrogen-bond donors (Lipinski definition) is 2. The Labute approximate surface area is 164 Å². The van der Waals surface area contributed by atoms with Gasteiger partial charge in [-0.3, -0.25) is 4.79 Å². The summed E-state index contributed by atoms with van der Waals surface area (Å²) in [4.78, 5) is 12.0. The van der Waals surface area contributed by atoms with Gasteiger partial charge in [-0.1, -0.05) is 36.4 Å². The molecular weight excluding hydrogens is 380 g/mol. The minimum Gasteiger partial charge on any atom is -0.392 e. The van der Waals surface area contributed by atoms with Crippen molar-refractivity contribution in [1.29, 1.82) is 0 Å². The van der Waals surface area contributed by atoms with Crippen LogP contribution in [0, 0.1) is 0 Å². The Kier molecular flexibility index (Phi) is 7.69. The first kappa shape index (κ1) is 21.6. The summed E-state index contributed by atoms with van der Waals surface area (Å²) >= 11 is 0. The van der Waals surface area contributed by atoms with Gasteiger partial charge >= 0.3 is 10.1 Å². The summed E-state index contributed by atoms with van der Waals surface area (Å²) in [5.41, 5.74) is 2.59. The van der Waals surface area contributed by atoms with Crippen molar-refractivity contribution < 1.29 is 27.6 Å². The van der Waals surface area contributed by atoms with E-state index < -0.39 is 10.1 Å². The first-order chi connectivity index (χ1) is 13.4. The molecule has 0 aliphatic rings. The summed E-state index contributed by atoms with van der Waals surface area (Å²) in [5, 5.41) is 18.5. The Hall–Kier alpha value is -2.74. The molecule has 0 aromatic heterocycles. The van der Waals surface area contributed by atoms with Crippen LogP contribution in [0.1, 0.15) is 29.2 Å². The fourth-order valence-corrected chi connectivity index (χ4v) is 2.85. The van der Waals surface area contributed by atoms with E-state index >= 15 is 0 Å². The largest absolute Gasteiger partial charge is 0.392 e. The topological polar surface area (TPSA) is 101 Å². The minimum atomic E-state index is -3.61. The number of benzene rings is 2. The van der Waals surface area contributed by atoms with Crippen molar-refractivity contribution >= 4 is 28.1 Å². The van der Waals surface area contributed by atoms with Crippen LogP contribution in [0.2, 0.25) is 0 Å². The maximum absolute atomic E-state index is 12.0. The quantitative estimate of drug-likeness (QED) is 0.494. The lowest BCUT2D eigenvalue weighted by atomic mass is 10.0. The number of carbonyl (C=O) groups excluding carboxylic acids is 1. The van der Waals surface area contributed by atoms with E-state index in [1.807, 2.05) is 0 Å². The second-order valence-electron chi connectivity index (χ2n) is 5.92. The molecule has 148 valence electrons. The van der Waals surface area contributed by atoms with E-state index in [4.69, 9.17) is 4.18 Å². The third kappa shape index (κ3) is 6.45. The second-order valence-corrected chi connectivity index (χ2v) is 7.77. The van der Waals surface area contributed by atoms with Crippen LogP contribution in [0.4, 0.5) is 0 Å². The predicted octanol–water partition coefficient (Wildman–Crippen LogP) is 2.70. The van der Waals surface area contributed by atoms with Crippen molar-refractivity contribution in [1.82, 2.24) is 0 Å². The van der Waals surface area contributed by atoms with Gasteiger partial charge in [-0.15, -0.1) is 0 Å². The van der Waals surface area contributed by atoms with E-state index in [1.165, 1.54) is 31.2 Å². The number of rotatable bonds is 9. The SMILES string of the molecule is CCS(=O)(=O)Oc1cccc(C=CC(=O)C=Cc2ccc(CO)c(CO)c2)c1. The van der Waals surface area contributed by atoms with Gasteiger partial charge in [-0.25, -0.2) is 0 Å². The zero-order chi connectivity index (χ0) is 20.6. The maximum Gasteiger partial charge on any atom is 0.308 e. The fraction of sp³-hybridized carbons (Fsp3) is 0.190. The molecule has 0 fully saturated rings. The summed E-state index contributed by atoms with van der Waals surface area (Å²) in [5.74, 6) is -0.204. The molecule has 7 heteroatoms. The zero-order valence-electron chi connectivity index (χ0n) is 15.4. The first-order valence-corrected chi connectivity index (χ1v) is 10.2. The van der Waals surface area contributed by atoms with Gasteiger partial charge in [0.25, 0.3) is 0 Å². The van der Waals surface area contributed by atoms with Crippen molar-refractivity contribution in [3.63, 3.8) is 0 Å². The highest BCUT2D eigenvalue weighted by molar-refractivity contribution is 7.87. The molecule has 0 spiro atoms. The first-order valence-electron chi connectivity index (χ1n) is 8.62. The predicted molar refractivity (Wildman–Crippen MR) is 108 cm³/mol. The van der Waals surface area contributed by atoms with Gasteiger partial charge in [0, 0.05) is 0 Å². The Morgan fingerprint density at radius 2 is 1.61 bits per heavy atom. The highest BCUT2D eigenvalue weighted by Crippen LogP contribution is 2.17. The lowest BCUT2D eigenvalue weighted by Crippen LogP contribution is -2.11. The lowest BCUT2D eigenvalue weighted by molar-refractivity contribution is -0.110. The average Bonchev–Trinajstić information content (AvgIpc) is 2.70. The monoisotopic (exact) mass is 402 g/mol. The average molecular weight is 402 g/mol. The van der Waals surface area contributed by atoms with Crippen LogP contribution in [0.5, 0.6) is 5.75 Å². The van der Waals surface area contributed by atoms with Gasteiger partial charge < -0.3 is 14.4 Å². The fourth-order valence-electron chi connectivity index (χ4n) is 2.34. The Morgan fingerprint density at radius 1 is 0.964 bits per heavy atom. The van der Waals surface area contributed by atoms with Crippen LogP contribution in [0.15, 0.2) is 54.6 Å². The molecule has 0 heterocycles. The molecule has 0 aliphatic carbocycles. The van der Waals surface area contributed by atoms with Gasteiger partial charge in [-0.2, -0.15) is 8.42 Å². The van der Waals surface area contributed by atoms with Crippen LogP contribution >= 0.6 is 0 Å². The Balaban J connectivity index is 2.07. The summed E-state index contributed by atoms with van der Waals surface area (Å²) in [6.07, 6.45) is 5.92. The standard InChI is InChI=1S/C21H22O6S/c1-2-28(25,26)27-21-5-3-4-16(13-21)7-10-20(24)11-8-17-6-9-18(14-22)19(12-17)15-23/h3-13,22-23H,2,14-15H2,1H3. The normalized spacial score (nSPS) is 12.0. The highest BCUT2D eigenvalue weighted by Gasteiger charge is 2.09. The molecule has 28 heavy (non-hydrogen) atoms. The molecule has 0 saturated carbocycles. The van der Waals surface area contributed by atoms with E-state index in [9.17, 15) is 23.4 Å². The van der Waals surface area contributed by atoms with E-state index in [1.54, 1.807) is 42.5 Å². The van der Waals surface area contributed by atoms with Gasteiger partial charge in [0.2, 0.25) is 0 Å². The van der Waals surface area contributed by atoms with Crippen LogP contribution in [-0.2, 0) is 28.1 Å². The van der Waals surface area contributed by atoms with Gasteiger partial charge in [-0.05, 0) is 59.5 Å². The molecule has 0 atom stereocenters. The third-order valence-corrected chi connectivity index (χ3v) is 5.04. The Morgan fingerprint density at radius 3 is 2.21 bits per heavy atom. The van der Waals surface area contributed by atoms with Crippen molar-refractivity contribution in [3.8, 4) is 5.75 Å². The van der Waals surface area contributed by atoms with Crippen LogP contribution in [0.25, 0.3) is 12.2 Å². The number of aliphatic hydroxyl groups is 2. The number of carbonyl (C=O) groups is 1. The van der Waals surface area contributed by atoms with Crippen molar-refractivity contribution in [2.24, 2.45) is 0 Å². The molecule has 0 amide bonds. The van der Waals surface area contributed by atoms with Gasteiger partial charge in [0.1, 0.15) is 5.75 Å². The third-order valence-electron chi connectivity index (χ3n) is 3.89. The summed E-state index contributed by atoms with van der Waals surface area (Å²) in [6, 6.07) is 11.6. The van der Waals surface area contributed by atoms with Crippen LogP contribution in [0.3, 0.4) is 0 Å². The molecule has 6 nitrogen and oxygen atoms in total. The Bertz CT molecular complexity index is 990. The molecule has 0 radical (unpaired) electrons. The smallest absolute Gasteiger partial charge is 0.308 e. The van der Waals surface area contributed by atoms with Gasteiger partial charge in [0.05, 0.1) is 19.0 Å². The molecule has 0 bridgehead atoms. The lowest BCUT2D eigenvalue weighted by Gasteiger charge is -2.05. The van der Waals surface area contributed by atoms with E-state index in [0.717, 1.165) is 5.56 Å². The second kappa shape index (κ2) is 9.98. The van der Waals surface area contributed by atoms with Gasteiger partial charge in [0.15, 0.2) is 5.78 Å². The number of ketones is 1. The van der Waals surface area contributed by atoms with E-state index in [2.05, 4.69) is 0 Å². The number of aliphatic hydroxyl groups excluding tert-OH is 2. The maximum atomic E-state index is 12.0. The van der Waals surface area contributed by atoms with Crippen molar-refractivity contribution in [2.45, 2.75) is 20.1 Å². The van der Waals surface area contributed by atoms with Crippen molar-refractivity contribution in [2.75, 3.05) is 5.75 Å². The van der Waals surface area contributed by atoms with Crippen LogP contribution in [-0.4, -0.2) is 30.2 Å². The molecule has 2 aromatic rings. The molecule has 2 rings (SSSR count). The van der Waals surface area contributed by atoms with E-state index in [0.29, 0.717) is 16.7 Å². The van der Waals surface area contributed by atoms with E-state index in [-0.39, 0.29) is 30.5 Å². The molecule has 0 saturated heterocycles. The number of allylic oxidation sites excluding steroid dienone is 2. The summed E-state index contributed by atoms with van der Waals surface area (Å²) in [7, 11) is -3.61. The molecule has 0 unspecified atom stereocenters. The van der Waals surface area contributed by atoms with Crippen molar-refractivity contribution in [3.05, 3.63) is 76.9 Å². The summed E-state index contributed by atoms with van der Waals surface area (Å²) in [6.45, 7) is 1.13. The van der Waals surface area contributed by atoms with Crippen LogP contribution < -0.4 is 4.18 Å². The molecule has 2 N–H and O–H groups in total. The summed E-state index contributed by atoms with van der Waals surface area (Å²) < 4.78 is 28.0. The number of hydrogen-bond acceptors (Lipinski definition) is 6. The minimum absolute atomic E-state index is 0.131. The highest BCUT2D eigenvalue weighted by atomic mass is 32.2. The molecule has 0 aliphatic heterocycles. The zero-order valence-corrected chi connectivity index (χ0v) is 16.2. The molecule has 2 aromatic carbocycles. The molecular formula is C21H22O6S.